The van der Waals surface area contributed by atoms with E-state index in [1.165, 1.54) is 0 Å². The van der Waals surface area contributed by atoms with Crippen LogP contribution in [-0.2, 0) is 13.0 Å². The standard InChI is InChI=1S/C15H18N2O2/c1-11-8-12(10-16)9-15(17-11)19-14-5-3-2-4-13(14)6-7-18/h2-5,8-9,18H,6-7,10,16H2,1H3. The van der Waals surface area contributed by atoms with Crippen LogP contribution in [0.3, 0.4) is 0 Å². The summed E-state index contributed by atoms with van der Waals surface area (Å²) in [6.07, 6.45) is 0.561. The van der Waals surface area contributed by atoms with Gasteiger partial charge in [-0.1, -0.05) is 18.2 Å². The van der Waals surface area contributed by atoms with Gasteiger partial charge in [0.15, 0.2) is 0 Å². The van der Waals surface area contributed by atoms with Crippen LogP contribution in [0.4, 0.5) is 0 Å². The van der Waals surface area contributed by atoms with Crippen molar-refractivity contribution in [2.45, 2.75) is 19.9 Å². The van der Waals surface area contributed by atoms with Crippen LogP contribution in [0.15, 0.2) is 36.4 Å². The molecule has 1 aromatic heterocycles. The summed E-state index contributed by atoms with van der Waals surface area (Å²) in [6.45, 7) is 2.46. The fraction of sp³-hybridized carbons (Fsp3) is 0.267. The van der Waals surface area contributed by atoms with Gasteiger partial charge in [0.05, 0.1) is 0 Å². The number of pyridine rings is 1. The van der Waals surface area contributed by atoms with Crippen LogP contribution < -0.4 is 10.5 Å². The van der Waals surface area contributed by atoms with E-state index >= 15 is 0 Å². The first-order valence-electron chi connectivity index (χ1n) is 6.27. The number of aryl methyl sites for hydroxylation is 1. The van der Waals surface area contributed by atoms with Gasteiger partial charge in [-0.2, -0.15) is 0 Å². The highest BCUT2D eigenvalue weighted by Gasteiger charge is 2.06. The molecule has 0 atom stereocenters. The molecule has 19 heavy (non-hydrogen) atoms. The van der Waals surface area contributed by atoms with Gasteiger partial charge in [0.2, 0.25) is 5.88 Å². The first-order chi connectivity index (χ1) is 9.22. The fourth-order valence-corrected chi connectivity index (χ4v) is 1.92. The van der Waals surface area contributed by atoms with Crippen molar-refractivity contribution < 1.29 is 9.84 Å². The number of benzene rings is 1. The van der Waals surface area contributed by atoms with Gasteiger partial charge >= 0.3 is 0 Å². The molecule has 0 spiro atoms. The zero-order chi connectivity index (χ0) is 13.7. The van der Waals surface area contributed by atoms with E-state index in [-0.39, 0.29) is 6.61 Å². The minimum absolute atomic E-state index is 0.0929. The second-order valence-electron chi connectivity index (χ2n) is 4.34. The molecule has 2 aromatic rings. The van der Waals surface area contributed by atoms with Crippen molar-refractivity contribution in [1.29, 1.82) is 0 Å². The van der Waals surface area contributed by atoms with Gasteiger partial charge < -0.3 is 15.6 Å². The van der Waals surface area contributed by atoms with E-state index in [1.807, 2.05) is 43.3 Å². The summed E-state index contributed by atoms with van der Waals surface area (Å²) in [7, 11) is 0. The van der Waals surface area contributed by atoms with Gasteiger partial charge in [0.25, 0.3) is 0 Å². The van der Waals surface area contributed by atoms with Crippen LogP contribution in [0.1, 0.15) is 16.8 Å². The summed E-state index contributed by atoms with van der Waals surface area (Å²) < 4.78 is 5.81. The number of rotatable bonds is 5. The molecule has 0 fully saturated rings. The Labute approximate surface area is 112 Å². The van der Waals surface area contributed by atoms with Crippen LogP contribution >= 0.6 is 0 Å². The van der Waals surface area contributed by atoms with E-state index in [0.29, 0.717) is 18.8 Å². The minimum Gasteiger partial charge on any atom is -0.439 e. The van der Waals surface area contributed by atoms with Crippen molar-refractivity contribution in [2.75, 3.05) is 6.61 Å². The van der Waals surface area contributed by atoms with E-state index in [4.69, 9.17) is 15.6 Å². The molecule has 0 saturated heterocycles. The quantitative estimate of drug-likeness (QED) is 0.862. The Morgan fingerprint density at radius 2 is 2.05 bits per heavy atom. The Kier molecular flexibility index (Phi) is 4.49. The zero-order valence-corrected chi connectivity index (χ0v) is 11.0. The smallest absolute Gasteiger partial charge is 0.219 e. The van der Waals surface area contributed by atoms with Crippen molar-refractivity contribution >= 4 is 0 Å². The molecule has 1 heterocycles. The number of aliphatic hydroxyl groups excluding tert-OH is 1. The number of aromatic nitrogens is 1. The second-order valence-corrected chi connectivity index (χ2v) is 4.34. The Bertz CT molecular complexity index is 556. The summed E-state index contributed by atoms with van der Waals surface area (Å²) in [4.78, 5) is 4.34. The number of para-hydroxylation sites is 1. The lowest BCUT2D eigenvalue weighted by Crippen LogP contribution is -2.00. The summed E-state index contributed by atoms with van der Waals surface area (Å²) in [5.74, 6) is 1.25. The molecular weight excluding hydrogens is 240 g/mol. The molecule has 3 N–H and O–H groups in total. The van der Waals surface area contributed by atoms with Crippen LogP contribution in [-0.4, -0.2) is 16.7 Å². The van der Waals surface area contributed by atoms with Crippen molar-refractivity contribution in [3.8, 4) is 11.6 Å². The number of nitrogens with two attached hydrogens (primary N) is 1. The summed E-state index contributed by atoms with van der Waals surface area (Å²) in [6, 6.07) is 11.4. The average molecular weight is 258 g/mol. The molecule has 0 radical (unpaired) electrons. The SMILES string of the molecule is Cc1cc(CN)cc(Oc2ccccc2CCO)n1. The molecule has 0 unspecified atom stereocenters. The molecule has 0 saturated carbocycles. The first kappa shape index (κ1) is 13.5. The maximum absolute atomic E-state index is 9.05. The maximum atomic E-state index is 9.05. The molecule has 1 aromatic carbocycles. The number of hydrogen-bond donors (Lipinski definition) is 2. The van der Waals surface area contributed by atoms with Crippen LogP contribution in [0.25, 0.3) is 0 Å². The van der Waals surface area contributed by atoms with Crippen molar-refractivity contribution in [3.05, 3.63) is 53.2 Å². The molecule has 0 amide bonds. The third-order valence-electron chi connectivity index (χ3n) is 2.79. The highest BCUT2D eigenvalue weighted by atomic mass is 16.5. The summed E-state index contributed by atoms with van der Waals surface area (Å²) in [5.41, 5.74) is 8.46. The van der Waals surface area contributed by atoms with Gasteiger partial charge in [0.1, 0.15) is 5.75 Å². The number of nitrogens with zero attached hydrogens (tertiary/aromatic N) is 1. The third kappa shape index (κ3) is 3.53. The minimum atomic E-state index is 0.0929. The molecule has 0 bridgehead atoms. The number of ether oxygens (including phenoxy) is 1. The van der Waals surface area contributed by atoms with E-state index in [1.54, 1.807) is 0 Å². The largest absolute Gasteiger partial charge is 0.439 e. The molecule has 100 valence electrons. The van der Waals surface area contributed by atoms with Crippen molar-refractivity contribution in [3.63, 3.8) is 0 Å². The lowest BCUT2D eigenvalue weighted by Gasteiger charge is -2.11. The lowest BCUT2D eigenvalue weighted by atomic mass is 10.1. The average Bonchev–Trinajstić information content (AvgIpc) is 2.40. The summed E-state index contributed by atoms with van der Waals surface area (Å²) >= 11 is 0. The van der Waals surface area contributed by atoms with Crippen LogP contribution in [0, 0.1) is 6.92 Å². The molecule has 0 aliphatic carbocycles. The highest BCUT2D eigenvalue weighted by molar-refractivity contribution is 5.37. The molecule has 4 nitrogen and oxygen atoms in total. The monoisotopic (exact) mass is 258 g/mol. The second kappa shape index (κ2) is 6.31. The Hall–Kier alpha value is -1.91. The van der Waals surface area contributed by atoms with Gasteiger partial charge in [-0.15, -0.1) is 0 Å². The zero-order valence-electron chi connectivity index (χ0n) is 11.0. The van der Waals surface area contributed by atoms with Crippen molar-refractivity contribution in [1.82, 2.24) is 4.98 Å². The van der Waals surface area contributed by atoms with Gasteiger partial charge in [0, 0.05) is 24.9 Å². The molecule has 2 rings (SSSR count). The van der Waals surface area contributed by atoms with Crippen molar-refractivity contribution in [2.24, 2.45) is 5.73 Å². The van der Waals surface area contributed by atoms with Gasteiger partial charge in [-0.3, -0.25) is 0 Å². The van der Waals surface area contributed by atoms with E-state index in [9.17, 15) is 0 Å². The third-order valence-corrected chi connectivity index (χ3v) is 2.79. The van der Waals surface area contributed by atoms with E-state index in [0.717, 1.165) is 22.6 Å². The molecular formula is C15H18N2O2. The molecule has 4 heteroatoms. The van der Waals surface area contributed by atoms with Crippen LogP contribution in [0.2, 0.25) is 0 Å². The van der Waals surface area contributed by atoms with Gasteiger partial charge in [-0.05, 0) is 36.6 Å². The van der Waals surface area contributed by atoms with E-state index < -0.39 is 0 Å². The van der Waals surface area contributed by atoms with Crippen LogP contribution in [0.5, 0.6) is 11.6 Å². The van der Waals surface area contributed by atoms with Gasteiger partial charge in [-0.25, -0.2) is 4.98 Å². The summed E-state index contributed by atoms with van der Waals surface area (Å²) in [5, 5.41) is 9.05. The lowest BCUT2D eigenvalue weighted by molar-refractivity contribution is 0.297. The predicted octanol–water partition coefficient (Wildman–Crippen LogP) is 2.18. The molecule has 0 aliphatic heterocycles. The normalized spacial score (nSPS) is 10.5. The predicted molar refractivity (Wildman–Crippen MR) is 74.2 cm³/mol. The first-order valence-corrected chi connectivity index (χ1v) is 6.27. The highest BCUT2D eigenvalue weighted by Crippen LogP contribution is 2.25. The Morgan fingerprint density at radius 3 is 2.79 bits per heavy atom. The number of aliphatic hydroxyl groups is 1. The molecule has 0 aliphatic rings. The fourth-order valence-electron chi connectivity index (χ4n) is 1.92. The van der Waals surface area contributed by atoms with E-state index in [2.05, 4.69) is 4.98 Å². The topological polar surface area (TPSA) is 68.4 Å². The Balaban J connectivity index is 2.28. The maximum Gasteiger partial charge on any atom is 0.219 e. The number of hydrogen-bond acceptors (Lipinski definition) is 4. The Morgan fingerprint density at radius 1 is 1.26 bits per heavy atom.